The fourth-order valence-corrected chi connectivity index (χ4v) is 3.24. The van der Waals surface area contributed by atoms with Crippen LogP contribution in [0.5, 0.6) is 0 Å². The van der Waals surface area contributed by atoms with Crippen LogP contribution in [0.2, 0.25) is 0 Å². The molecule has 0 saturated carbocycles. The van der Waals surface area contributed by atoms with E-state index in [0.717, 1.165) is 28.8 Å². The molecule has 2 aliphatic rings. The van der Waals surface area contributed by atoms with Gasteiger partial charge in [-0.25, -0.2) is 9.59 Å². The normalized spacial score (nSPS) is 15.9. The van der Waals surface area contributed by atoms with E-state index in [1.165, 1.54) is 0 Å². The Morgan fingerprint density at radius 1 is 1.20 bits per heavy atom. The molecule has 0 unspecified atom stereocenters. The topological polar surface area (TPSA) is 89.9 Å². The van der Waals surface area contributed by atoms with E-state index in [4.69, 9.17) is 10.2 Å². The third-order valence-corrected chi connectivity index (χ3v) is 4.04. The number of benzene rings is 1. The van der Waals surface area contributed by atoms with Gasteiger partial charge >= 0.3 is 11.9 Å². The molecular formula is C13H10N2O4S. The predicted molar refractivity (Wildman–Crippen MR) is 75.4 cm³/mol. The van der Waals surface area contributed by atoms with E-state index < -0.39 is 17.5 Å². The second kappa shape index (κ2) is 4.61. The van der Waals surface area contributed by atoms with E-state index >= 15 is 0 Å². The number of nitrogens with one attached hydrogen (secondary N) is 1. The minimum absolute atomic E-state index is 0.217. The highest BCUT2D eigenvalue weighted by atomic mass is 32.2. The predicted octanol–water partition coefficient (Wildman–Crippen LogP) is 1.89. The minimum Gasteiger partial charge on any atom is -0.477 e. The molecular weight excluding hydrogens is 280 g/mol. The zero-order chi connectivity index (χ0) is 14.3. The summed E-state index contributed by atoms with van der Waals surface area (Å²) >= 11 is 1.12. The Hall–Kier alpha value is -2.41. The molecule has 1 aromatic rings. The Kier molecular flexibility index (Phi) is 2.90. The van der Waals surface area contributed by atoms with Gasteiger partial charge in [0.1, 0.15) is 5.03 Å². The molecule has 3 N–H and O–H groups in total. The maximum atomic E-state index is 11.2. The molecule has 2 aliphatic heterocycles. The van der Waals surface area contributed by atoms with E-state index in [-0.39, 0.29) is 5.03 Å². The van der Waals surface area contributed by atoms with Crippen molar-refractivity contribution < 1.29 is 19.8 Å². The number of carboxylic acid groups (broad SMARTS) is 2. The highest BCUT2D eigenvalue weighted by Gasteiger charge is 2.34. The molecule has 0 fully saturated rings. The van der Waals surface area contributed by atoms with Gasteiger partial charge in [-0.05, 0) is 17.5 Å². The van der Waals surface area contributed by atoms with E-state index in [1.807, 2.05) is 24.3 Å². The van der Waals surface area contributed by atoms with Gasteiger partial charge in [-0.15, -0.1) is 0 Å². The molecule has 20 heavy (non-hydrogen) atoms. The van der Waals surface area contributed by atoms with Crippen molar-refractivity contribution in [3.8, 4) is 0 Å². The summed E-state index contributed by atoms with van der Waals surface area (Å²) in [6.07, 6.45) is 0. The van der Waals surface area contributed by atoms with Crippen molar-refractivity contribution in [2.75, 3.05) is 16.8 Å². The molecule has 0 saturated heterocycles. The van der Waals surface area contributed by atoms with Crippen LogP contribution in [0.3, 0.4) is 0 Å². The molecule has 0 atom stereocenters. The van der Waals surface area contributed by atoms with Gasteiger partial charge in [-0.2, -0.15) is 0 Å². The summed E-state index contributed by atoms with van der Waals surface area (Å²) in [6.45, 7) is 0.528. The van der Waals surface area contributed by atoms with Crippen LogP contribution >= 0.6 is 11.8 Å². The second-order valence-electron chi connectivity index (χ2n) is 4.22. The maximum absolute atomic E-state index is 11.2. The van der Waals surface area contributed by atoms with Crippen LogP contribution in [0, 0.1) is 0 Å². The van der Waals surface area contributed by atoms with E-state index in [1.54, 1.807) is 10.3 Å². The summed E-state index contributed by atoms with van der Waals surface area (Å²) in [5, 5.41) is 23.4. The van der Waals surface area contributed by atoms with Gasteiger partial charge in [0.15, 0.2) is 5.57 Å². The van der Waals surface area contributed by atoms with Gasteiger partial charge in [0.2, 0.25) is 0 Å². The van der Waals surface area contributed by atoms with Crippen LogP contribution in [0.25, 0.3) is 0 Å². The summed E-state index contributed by atoms with van der Waals surface area (Å²) < 4.78 is 0. The van der Waals surface area contributed by atoms with Crippen molar-refractivity contribution in [3.05, 3.63) is 46.0 Å². The highest BCUT2D eigenvalue weighted by molar-refractivity contribution is 8.06. The average Bonchev–Trinajstić information content (AvgIpc) is 2.82. The third kappa shape index (κ3) is 1.83. The molecule has 7 heteroatoms. The SMILES string of the molecule is O=C(O)C(C(=O)O)=C1SC=C2CNc3ccccc3N21. The summed E-state index contributed by atoms with van der Waals surface area (Å²) in [5.41, 5.74) is 1.83. The van der Waals surface area contributed by atoms with E-state index in [0.29, 0.717) is 6.54 Å². The van der Waals surface area contributed by atoms with Crippen LogP contribution in [-0.2, 0) is 9.59 Å². The lowest BCUT2D eigenvalue weighted by Crippen LogP contribution is -2.30. The number of thioether (sulfide) groups is 1. The zero-order valence-corrected chi connectivity index (χ0v) is 11.0. The van der Waals surface area contributed by atoms with Crippen molar-refractivity contribution in [3.63, 3.8) is 0 Å². The van der Waals surface area contributed by atoms with Gasteiger partial charge in [0.25, 0.3) is 0 Å². The lowest BCUT2D eigenvalue weighted by atomic mass is 10.1. The van der Waals surface area contributed by atoms with Crippen molar-refractivity contribution in [2.24, 2.45) is 0 Å². The summed E-state index contributed by atoms with van der Waals surface area (Å²) in [7, 11) is 0. The molecule has 102 valence electrons. The van der Waals surface area contributed by atoms with Gasteiger partial charge < -0.3 is 20.4 Å². The number of anilines is 2. The zero-order valence-electron chi connectivity index (χ0n) is 10.2. The first-order valence-electron chi connectivity index (χ1n) is 5.79. The van der Waals surface area contributed by atoms with Crippen molar-refractivity contribution in [1.82, 2.24) is 0 Å². The van der Waals surface area contributed by atoms with Crippen LogP contribution in [0.4, 0.5) is 11.4 Å². The Morgan fingerprint density at radius 2 is 1.90 bits per heavy atom. The molecule has 0 radical (unpaired) electrons. The molecule has 0 amide bonds. The molecule has 3 rings (SSSR count). The van der Waals surface area contributed by atoms with Crippen molar-refractivity contribution >= 4 is 35.1 Å². The van der Waals surface area contributed by atoms with Crippen molar-refractivity contribution in [1.29, 1.82) is 0 Å². The second-order valence-corrected chi connectivity index (χ2v) is 5.08. The quantitative estimate of drug-likeness (QED) is 0.435. The molecule has 2 heterocycles. The first kappa shape index (κ1) is 12.6. The molecule has 1 aromatic carbocycles. The smallest absolute Gasteiger partial charge is 0.345 e. The Bertz CT molecular complexity index is 665. The number of carboxylic acids is 2. The lowest BCUT2D eigenvalue weighted by molar-refractivity contribution is -0.140. The molecule has 0 spiro atoms. The lowest BCUT2D eigenvalue weighted by Gasteiger charge is -2.31. The molecule has 0 bridgehead atoms. The van der Waals surface area contributed by atoms with E-state index in [2.05, 4.69) is 5.32 Å². The fourth-order valence-electron chi connectivity index (χ4n) is 2.19. The van der Waals surface area contributed by atoms with Crippen LogP contribution in [0.1, 0.15) is 0 Å². The van der Waals surface area contributed by atoms with Gasteiger partial charge in [-0.3, -0.25) is 0 Å². The minimum atomic E-state index is -1.44. The summed E-state index contributed by atoms with van der Waals surface area (Å²) in [5.74, 6) is -2.88. The third-order valence-electron chi connectivity index (χ3n) is 3.04. The Balaban J connectivity index is 2.18. The largest absolute Gasteiger partial charge is 0.477 e. The number of para-hydroxylation sites is 2. The highest BCUT2D eigenvalue weighted by Crippen LogP contribution is 2.45. The number of aliphatic carboxylic acids is 2. The summed E-state index contributed by atoms with van der Waals surface area (Å²) in [6, 6.07) is 7.38. The standard InChI is InChI=1S/C13H10N2O4S/c16-12(17)10(13(18)19)11-15-7(6-20-11)5-14-8-3-1-2-4-9(8)15/h1-4,6,14H,5H2,(H,16,17)(H,18,19). The van der Waals surface area contributed by atoms with Gasteiger partial charge in [-0.1, -0.05) is 23.9 Å². The van der Waals surface area contributed by atoms with Crippen molar-refractivity contribution in [2.45, 2.75) is 0 Å². The van der Waals surface area contributed by atoms with Crippen LogP contribution in [-0.4, -0.2) is 28.7 Å². The van der Waals surface area contributed by atoms with Gasteiger partial charge in [0.05, 0.1) is 17.9 Å². The molecule has 6 nitrogen and oxygen atoms in total. The van der Waals surface area contributed by atoms with Crippen LogP contribution in [0.15, 0.2) is 46.0 Å². The number of hydrogen-bond acceptors (Lipinski definition) is 5. The molecule has 0 aromatic heterocycles. The Labute approximate surface area is 118 Å². The molecule has 0 aliphatic carbocycles. The number of carbonyl (C=O) groups is 2. The first-order valence-corrected chi connectivity index (χ1v) is 6.67. The number of nitrogens with zero attached hydrogens (tertiary/aromatic N) is 1. The van der Waals surface area contributed by atoms with Gasteiger partial charge in [0, 0.05) is 5.70 Å². The monoisotopic (exact) mass is 290 g/mol. The summed E-state index contributed by atoms with van der Waals surface area (Å²) in [4.78, 5) is 24.1. The maximum Gasteiger partial charge on any atom is 0.345 e. The number of fused-ring (bicyclic) bond motifs is 3. The average molecular weight is 290 g/mol. The fraction of sp³-hybridized carbons (Fsp3) is 0.0769. The van der Waals surface area contributed by atoms with E-state index in [9.17, 15) is 9.59 Å². The van der Waals surface area contributed by atoms with Crippen LogP contribution < -0.4 is 10.2 Å². The Morgan fingerprint density at radius 3 is 2.60 bits per heavy atom. The number of rotatable bonds is 2. The first-order chi connectivity index (χ1) is 9.59. The number of hydrogen-bond donors (Lipinski definition) is 3.